The van der Waals surface area contributed by atoms with Gasteiger partial charge in [0.05, 0.1) is 22.9 Å². The quantitative estimate of drug-likeness (QED) is 0.700. The lowest BCUT2D eigenvalue weighted by atomic mass is 10.1. The number of carbonyl (C=O) groups excluding carboxylic acids is 1. The Morgan fingerprint density at radius 3 is 2.79 bits per heavy atom. The first kappa shape index (κ1) is 19.2. The van der Waals surface area contributed by atoms with Crippen molar-refractivity contribution in [2.45, 2.75) is 30.0 Å². The normalized spacial score (nSPS) is 20.8. The van der Waals surface area contributed by atoms with Crippen LogP contribution in [0, 0.1) is 0 Å². The summed E-state index contributed by atoms with van der Waals surface area (Å²) < 4.78 is 26.8. The fourth-order valence-electron chi connectivity index (χ4n) is 2.22. The van der Waals surface area contributed by atoms with Gasteiger partial charge in [-0.1, -0.05) is 29.4 Å². The van der Waals surface area contributed by atoms with Gasteiger partial charge in [0.2, 0.25) is 15.9 Å². The molecular weight excluding hydrogens is 374 g/mol. The molecule has 1 aliphatic heterocycles. The van der Waals surface area contributed by atoms with Crippen molar-refractivity contribution in [1.29, 1.82) is 0 Å². The Morgan fingerprint density at radius 1 is 1.46 bits per heavy atom. The van der Waals surface area contributed by atoms with Crippen LogP contribution >= 0.6 is 23.4 Å². The zero-order valence-corrected chi connectivity index (χ0v) is 15.5. The van der Waals surface area contributed by atoms with E-state index in [1.165, 1.54) is 30.8 Å². The van der Waals surface area contributed by atoms with Gasteiger partial charge in [0, 0.05) is 13.5 Å². The first-order valence-corrected chi connectivity index (χ1v) is 9.90. The number of nitrogens with zero attached hydrogens (tertiary/aromatic N) is 1. The summed E-state index contributed by atoms with van der Waals surface area (Å²) in [7, 11) is -3.81. The summed E-state index contributed by atoms with van der Waals surface area (Å²) in [6, 6.07) is 4.64. The van der Waals surface area contributed by atoms with Gasteiger partial charge in [-0.2, -0.15) is 0 Å². The summed E-state index contributed by atoms with van der Waals surface area (Å²) in [4.78, 5) is 15.5. The van der Waals surface area contributed by atoms with Gasteiger partial charge in [0.1, 0.15) is 4.90 Å². The highest BCUT2D eigenvalue weighted by molar-refractivity contribution is 8.14. The summed E-state index contributed by atoms with van der Waals surface area (Å²) in [6.45, 7) is 2.90. The number of aliphatic hydroxyl groups excluding tert-OH is 1. The number of rotatable bonds is 5. The van der Waals surface area contributed by atoms with E-state index in [1.807, 2.05) is 6.92 Å². The molecule has 1 aromatic rings. The van der Waals surface area contributed by atoms with Gasteiger partial charge < -0.3 is 10.4 Å². The molecule has 0 bridgehead atoms. The third-order valence-electron chi connectivity index (χ3n) is 3.26. The molecule has 0 radical (unpaired) electrons. The van der Waals surface area contributed by atoms with Crippen molar-refractivity contribution in [3.05, 3.63) is 28.8 Å². The number of aliphatic imine (C=N–C) groups is 1. The number of halogens is 1. The lowest BCUT2D eigenvalue weighted by molar-refractivity contribution is -0.117. The Balaban J connectivity index is 2.28. The smallest absolute Gasteiger partial charge is 0.242 e. The first-order chi connectivity index (χ1) is 11.2. The highest BCUT2D eigenvalue weighted by Crippen LogP contribution is 2.40. The largest absolute Gasteiger partial charge is 0.395 e. The molecule has 10 heteroatoms. The molecule has 1 aliphatic rings. The molecule has 0 spiro atoms. The van der Waals surface area contributed by atoms with Crippen LogP contribution in [0.4, 0.5) is 0 Å². The minimum atomic E-state index is -3.81. The van der Waals surface area contributed by atoms with Crippen LogP contribution in [0.5, 0.6) is 0 Å². The number of sulfonamides is 1. The third kappa shape index (κ3) is 4.48. The van der Waals surface area contributed by atoms with E-state index in [0.29, 0.717) is 5.17 Å². The van der Waals surface area contributed by atoms with E-state index >= 15 is 0 Å². The highest BCUT2D eigenvalue weighted by atomic mass is 35.5. The SMILES string of the molecule is CC(=O)NC1=NC(C)C(c2ccc(Cl)c(S(=O)(=O)NCCO)c2)S1. The summed E-state index contributed by atoms with van der Waals surface area (Å²) in [5.74, 6) is -0.207. The number of hydrogen-bond donors (Lipinski definition) is 3. The van der Waals surface area contributed by atoms with Crippen molar-refractivity contribution >= 4 is 44.5 Å². The fourth-order valence-corrected chi connectivity index (χ4v) is 4.99. The van der Waals surface area contributed by atoms with E-state index in [1.54, 1.807) is 6.07 Å². The van der Waals surface area contributed by atoms with Crippen LogP contribution in [0.3, 0.4) is 0 Å². The van der Waals surface area contributed by atoms with E-state index in [-0.39, 0.29) is 40.3 Å². The minimum Gasteiger partial charge on any atom is -0.395 e. The topological polar surface area (TPSA) is 108 Å². The molecule has 1 heterocycles. The molecule has 24 heavy (non-hydrogen) atoms. The molecule has 7 nitrogen and oxygen atoms in total. The number of amidine groups is 1. The van der Waals surface area contributed by atoms with Gasteiger partial charge in [0.15, 0.2) is 5.17 Å². The Bertz CT molecular complexity index is 767. The van der Waals surface area contributed by atoms with E-state index in [0.717, 1.165) is 5.56 Å². The van der Waals surface area contributed by atoms with Gasteiger partial charge in [-0.15, -0.1) is 0 Å². The second-order valence-corrected chi connectivity index (χ2v) is 8.48. The van der Waals surface area contributed by atoms with Crippen LogP contribution in [-0.2, 0) is 14.8 Å². The lowest BCUT2D eigenvalue weighted by Gasteiger charge is -2.16. The molecule has 0 saturated heterocycles. The molecule has 2 rings (SSSR count). The number of benzene rings is 1. The highest BCUT2D eigenvalue weighted by Gasteiger charge is 2.30. The number of carbonyl (C=O) groups is 1. The lowest BCUT2D eigenvalue weighted by Crippen LogP contribution is -2.27. The first-order valence-electron chi connectivity index (χ1n) is 7.16. The molecule has 132 valence electrons. The summed E-state index contributed by atoms with van der Waals surface area (Å²) in [6.07, 6.45) is 0. The molecule has 2 unspecified atom stereocenters. The van der Waals surface area contributed by atoms with E-state index in [4.69, 9.17) is 16.7 Å². The zero-order chi connectivity index (χ0) is 17.9. The number of hydrogen-bond acceptors (Lipinski definition) is 6. The van der Waals surface area contributed by atoms with Gasteiger partial charge >= 0.3 is 0 Å². The second kappa shape index (κ2) is 7.83. The number of aliphatic hydroxyl groups is 1. The van der Waals surface area contributed by atoms with Crippen LogP contribution in [-0.4, -0.2) is 43.8 Å². The summed E-state index contributed by atoms with van der Waals surface area (Å²) in [5, 5.41) is 11.9. The van der Waals surface area contributed by atoms with Gasteiger partial charge in [-0.3, -0.25) is 9.79 Å². The Hall–Kier alpha value is -1.13. The standard InChI is InChI=1S/C14H18ClN3O4S2/c1-8-13(23-14(17-8)18-9(2)20)10-3-4-11(15)12(7-10)24(21,22)16-5-6-19/h3-4,7-8,13,16,19H,5-6H2,1-2H3,(H,17,18,20). The fraction of sp³-hybridized carbons (Fsp3) is 0.429. The molecule has 0 fully saturated rings. The maximum absolute atomic E-state index is 12.3. The third-order valence-corrected chi connectivity index (χ3v) is 6.55. The summed E-state index contributed by atoms with van der Waals surface area (Å²) >= 11 is 7.39. The van der Waals surface area contributed by atoms with Crippen LogP contribution in [0.1, 0.15) is 24.7 Å². The average Bonchev–Trinajstić information content (AvgIpc) is 2.85. The van der Waals surface area contributed by atoms with Crippen molar-refractivity contribution < 1.29 is 18.3 Å². The van der Waals surface area contributed by atoms with Crippen molar-refractivity contribution in [3.8, 4) is 0 Å². The van der Waals surface area contributed by atoms with Gasteiger partial charge in [-0.25, -0.2) is 13.1 Å². The molecule has 0 saturated carbocycles. The molecule has 1 aromatic carbocycles. The molecule has 0 aliphatic carbocycles. The molecular formula is C14H18ClN3O4S2. The van der Waals surface area contributed by atoms with Crippen LogP contribution in [0.15, 0.2) is 28.1 Å². The van der Waals surface area contributed by atoms with Crippen molar-refractivity contribution in [1.82, 2.24) is 10.0 Å². The average molecular weight is 392 g/mol. The maximum atomic E-state index is 12.3. The Morgan fingerprint density at radius 2 is 2.17 bits per heavy atom. The van der Waals surface area contributed by atoms with Crippen LogP contribution in [0.25, 0.3) is 0 Å². The van der Waals surface area contributed by atoms with E-state index in [9.17, 15) is 13.2 Å². The second-order valence-electron chi connectivity index (χ2n) is 5.21. The van der Waals surface area contributed by atoms with Gasteiger partial charge in [0.25, 0.3) is 0 Å². The van der Waals surface area contributed by atoms with Crippen LogP contribution < -0.4 is 10.0 Å². The zero-order valence-electron chi connectivity index (χ0n) is 13.1. The van der Waals surface area contributed by atoms with E-state index in [2.05, 4.69) is 15.0 Å². The minimum absolute atomic E-state index is 0.0455. The molecule has 0 aromatic heterocycles. The predicted octanol–water partition coefficient (Wildman–Crippen LogP) is 1.28. The molecule has 3 N–H and O–H groups in total. The summed E-state index contributed by atoms with van der Waals surface area (Å²) in [5.41, 5.74) is 0.741. The van der Waals surface area contributed by atoms with Crippen LogP contribution in [0.2, 0.25) is 5.02 Å². The van der Waals surface area contributed by atoms with E-state index < -0.39 is 10.0 Å². The van der Waals surface area contributed by atoms with Crippen molar-refractivity contribution in [2.75, 3.05) is 13.2 Å². The Kier molecular flexibility index (Phi) is 6.27. The molecule has 1 amide bonds. The number of amides is 1. The van der Waals surface area contributed by atoms with Crippen molar-refractivity contribution in [2.24, 2.45) is 4.99 Å². The maximum Gasteiger partial charge on any atom is 0.242 e. The number of thioether (sulfide) groups is 1. The van der Waals surface area contributed by atoms with Crippen molar-refractivity contribution in [3.63, 3.8) is 0 Å². The number of nitrogens with one attached hydrogen (secondary N) is 2. The monoisotopic (exact) mass is 391 g/mol. The Labute approximate surface area is 149 Å². The van der Waals surface area contributed by atoms with Gasteiger partial charge in [-0.05, 0) is 24.6 Å². The predicted molar refractivity (Wildman–Crippen MR) is 94.8 cm³/mol. The molecule has 2 atom stereocenters.